The molecule has 0 aliphatic carbocycles. The molecule has 2 aliphatic rings. The van der Waals surface area contributed by atoms with Gasteiger partial charge in [-0.05, 0) is 0 Å². The summed E-state index contributed by atoms with van der Waals surface area (Å²) in [5.74, 6) is 0.209. The second kappa shape index (κ2) is 2.17. The molecule has 0 aromatic rings. The SMILES string of the molecule is FCC1CNCC12COC2. The van der Waals surface area contributed by atoms with E-state index in [0.29, 0.717) is 0 Å². The molecule has 1 N–H and O–H groups in total. The standard InChI is InChI=1S/C7H12FNO/c8-1-6-2-9-3-7(6)4-10-5-7/h6,9H,1-5H2. The minimum atomic E-state index is -0.198. The third-order valence-electron chi connectivity index (χ3n) is 2.70. The average molecular weight is 145 g/mol. The van der Waals surface area contributed by atoms with Crippen molar-refractivity contribution >= 4 is 0 Å². The summed E-state index contributed by atoms with van der Waals surface area (Å²) in [7, 11) is 0. The lowest BCUT2D eigenvalue weighted by molar-refractivity contribution is -0.127. The molecule has 0 aromatic heterocycles. The topological polar surface area (TPSA) is 21.3 Å². The molecule has 1 spiro atoms. The molecule has 2 rings (SSSR count). The fourth-order valence-electron chi connectivity index (χ4n) is 1.78. The van der Waals surface area contributed by atoms with E-state index < -0.39 is 0 Å². The Labute approximate surface area is 59.7 Å². The first-order valence-corrected chi connectivity index (χ1v) is 3.72. The first-order valence-electron chi connectivity index (χ1n) is 3.72. The first-order chi connectivity index (χ1) is 4.87. The van der Waals surface area contributed by atoms with Gasteiger partial charge in [-0.15, -0.1) is 0 Å². The summed E-state index contributed by atoms with van der Waals surface area (Å²) in [5.41, 5.74) is 0.175. The van der Waals surface area contributed by atoms with Gasteiger partial charge in [-0.3, -0.25) is 4.39 Å². The molecule has 2 fully saturated rings. The van der Waals surface area contributed by atoms with Crippen LogP contribution in [0.2, 0.25) is 0 Å². The van der Waals surface area contributed by atoms with Crippen molar-refractivity contribution < 1.29 is 9.13 Å². The molecule has 0 radical (unpaired) electrons. The van der Waals surface area contributed by atoms with E-state index in [1.165, 1.54) is 0 Å². The van der Waals surface area contributed by atoms with E-state index in [1.807, 2.05) is 0 Å². The summed E-state index contributed by atoms with van der Waals surface area (Å²) in [4.78, 5) is 0. The zero-order valence-corrected chi connectivity index (χ0v) is 5.90. The van der Waals surface area contributed by atoms with Crippen LogP contribution in [0.15, 0.2) is 0 Å². The normalized spacial score (nSPS) is 36.3. The zero-order valence-electron chi connectivity index (χ0n) is 5.90. The maximum Gasteiger partial charge on any atom is 0.0942 e. The highest BCUT2D eigenvalue weighted by molar-refractivity contribution is 4.98. The van der Waals surface area contributed by atoms with E-state index in [4.69, 9.17) is 4.74 Å². The van der Waals surface area contributed by atoms with Crippen molar-refractivity contribution in [2.24, 2.45) is 11.3 Å². The first kappa shape index (κ1) is 6.55. The fourth-order valence-corrected chi connectivity index (χ4v) is 1.78. The third-order valence-corrected chi connectivity index (χ3v) is 2.70. The van der Waals surface area contributed by atoms with Gasteiger partial charge in [0.2, 0.25) is 0 Å². The number of halogens is 1. The van der Waals surface area contributed by atoms with Crippen molar-refractivity contribution in [2.45, 2.75) is 0 Å². The van der Waals surface area contributed by atoms with Gasteiger partial charge >= 0.3 is 0 Å². The van der Waals surface area contributed by atoms with E-state index in [2.05, 4.69) is 5.32 Å². The van der Waals surface area contributed by atoms with Gasteiger partial charge in [0.1, 0.15) is 0 Å². The number of rotatable bonds is 1. The third kappa shape index (κ3) is 0.705. The molecule has 2 aliphatic heterocycles. The largest absolute Gasteiger partial charge is 0.380 e. The Balaban J connectivity index is 2.05. The number of hydrogen-bond donors (Lipinski definition) is 1. The average Bonchev–Trinajstić information content (AvgIpc) is 2.27. The number of nitrogens with one attached hydrogen (secondary N) is 1. The van der Waals surface area contributed by atoms with Crippen LogP contribution >= 0.6 is 0 Å². The van der Waals surface area contributed by atoms with Crippen molar-refractivity contribution in [1.29, 1.82) is 0 Å². The maximum atomic E-state index is 12.3. The van der Waals surface area contributed by atoms with Crippen LogP contribution < -0.4 is 5.32 Å². The van der Waals surface area contributed by atoms with Gasteiger partial charge in [-0.25, -0.2) is 0 Å². The van der Waals surface area contributed by atoms with Gasteiger partial charge < -0.3 is 10.1 Å². The lowest BCUT2D eigenvalue weighted by atomic mass is 9.77. The van der Waals surface area contributed by atoms with Gasteiger partial charge in [-0.1, -0.05) is 0 Å². The minimum Gasteiger partial charge on any atom is -0.380 e. The van der Waals surface area contributed by atoms with E-state index in [1.54, 1.807) is 0 Å². The van der Waals surface area contributed by atoms with Crippen LogP contribution in [0.5, 0.6) is 0 Å². The Kier molecular flexibility index (Phi) is 1.42. The molecule has 0 saturated carbocycles. The predicted molar refractivity (Wildman–Crippen MR) is 35.6 cm³/mol. The van der Waals surface area contributed by atoms with Crippen LogP contribution in [0.4, 0.5) is 4.39 Å². The van der Waals surface area contributed by atoms with Crippen LogP contribution in [0, 0.1) is 11.3 Å². The monoisotopic (exact) mass is 145 g/mol. The molecule has 3 heteroatoms. The number of hydrogen-bond acceptors (Lipinski definition) is 2. The Bertz CT molecular complexity index is 136. The highest BCUT2D eigenvalue weighted by Crippen LogP contribution is 2.38. The van der Waals surface area contributed by atoms with Crippen molar-refractivity contribution in [3.63, 3.8) is 0 Å². The minimum absolute atomic E-state index is 0.175. The highest BCUT2D eigenvalue weighted by Gasteiger charge is 2.48. The summed E-state index contributed by atoms with van der Waals surface area (Å²) in [5, 5.41) is 3.20. The highest BCUT2D eigenvalue weighted by atomic mass is 19.1. The second-order valence-corrected chi connectivity index (χ2v) is 3.34. The fraction of sp³-hybridized carbons (Fsp3) is 1.00. The van der Waals surface area contributed by atoms with Gasteiger partial charge in [0.05, 0.1) is 19.9 Å². The quantitative estimate of drug-likeness (QED) is 0.568. The Morgan fingerprint density at radius 1 is 1.60 bits per heavy atom. The summed E-state index contributed by atoms with van der Waals surface area (Å²) < 4.78 is 17.4. The van der Waals surface area contributed by atoms with Crippen molar-refractivity contribution in [1.82, 2.24) is 5.32 Å². The second-order valence-electron chi connectivity index (χ2n) is 3.34. The molecule has 1 unspecified atom stereocenters. The van der Waals surface area contributed by atoms with E-state index in [0.717, 1.165) is 26.3 Å². The molecule has 58 valence electrons. The molecule has 0 aromatic carbocycles. The maximum absolute atomic E-state index is 12.3. The molecule has 10 heavy (non-hydrogen) atoms. The van der Waals surface area contributed by atoms with Crippen molar-refractivity contribution in [3.8, 4) is 0 Å². The van der Waals surface area contributed by atoms with Crippen LogP contribution in [0.3, 0.4) is 0 Å². The summed E-state index contributed by atoms with van der Waals surface area (Å²) in [6.07, 6.45) is 0. The van der Waals surface area contributed by atoms with Crippen LogP contribution in [-0.2, 0) is 4.74 Å². The zero-order chi connectivity index (χ0) is 7.03. The lowest BCUT2D eigenvalue weighted by Gasteiger charge is -2.41. The van der Waals surface area contributed by atoms with Crippen molar-refractivity contribution in [3.05, 3.63) is 0 Å². The Morgan fingerprint density at radius 3 is 2.80 bits per heavy atom. The molecule has 1 atom stereocenters. The molecule has 2 nitrogen and oxygen atoms in total. The molecule has 2 saturated heterocycles. The predicted octanol–water partition coefficient (Wildman–Crippen LogP) is 0.192. The van der Waals surface area contributed by atoms with Crippen LogP contribution in [-0.4, -0.2) is 33.0 Å². The lowest BCUT2D eigenvalue weighted by Crippen LogP contribution is -2.49. The number of ether oxygens (including phenoxy) is 1. The van der Waals surface area contributed by atoms with E-state index in [-0.39, 0.29) is 18.0 Å². The van der Waals surface area contributed by atoms with Gasteiger partial charge in [0, 0.05) is 24.4 Å². The van der Waals surface area contributed by atoms with Crippen LogP contribution in [0.1, 0.15) is 0 Å². The molecule has 0 amide bonds. The molecular weight excluding hydrogens is 133 g/mol. The summed E-state index contributed by atoms with van der Waals surface area (Å²) >= 11 is 0. The Morgan fingerprint density at radius 2 is 2.40 bits per heavy atom. The van der Waals surface area contributed by atoms with E-state index >= 15 is 0 Å². The van der Waals surface area contributed by atoms with Gasteiger partial charge in [0.25, 0.3) is 0 Å². The molecular formula is C7H12FNO. The Hall–Kier alpha value is -0.150. The van der Waals surface area contributed by atoms with Crippen LogP contribution in [0.25, 0.3) is 0 Å². The van der Waals surface area contributed by atoms with E-state index in [9.17, 15) is 4.39 Å². The van der Waals surface area contributed by atoms with Crippen molar-refractivity contribution in [2.75, 3.05) is 33.0 Å². The molecule has 2 heterocycles. The van der Waals surface area contributed by atoms with Gasteiger partial charge in [0.15, 0.2) is 0 Å². The number of alkyl halides is 1. The summed E-state index contributed by atoms with van der Waals surface area (Å²) in [6.45, 7) is 3.10. The summed E-state index contributed by atoms with van der Waals surface area (Å²) in [6, 6.07) is 0. The molecule has 0 bridgehead atoms. The smallest absolute Gasteiger partial charge is 0.0942 e. The van der Waals surface area contributed by atoms with Gasteiger partial charge in [-0.2, -0.15) is 0 Å².